The van der Waals surface area contributed by atoms with Crippen LogP contribution in [0.3, 0.4) is 0 Å². The molecule has 3 rings (SSSR count). The van der Waals surface area contributed by atoms with E-state index in [1.54, 1.807) is 41.8 Å². The van der Waals surface area contributed by atoms with Crippen molar-refractivity contribution in [1.29, 1.82) is 0 Å². The summed E-state index contributed by atoms with van der Waals surface area (Å²) in [5.74, 6) is -0.245. The summed E-state index contributed by atoms with van der Waals surface area (Å²) in [6.45, 7) is 2.26. The van der Waals surface area contributed by atoms with Crippen LogP contribution in [0.4, 0.5) is 5.00 Å². The number of hydrogen-bond donors (Lipinski definition) is 1. The van der Waals surface area contributed by atoms with Gasteiger partial charge in [-0.15, -0.1) is 11.3 Å². The molecule has 1 amide bonds. The van der Waals surface area contributed by atoms with Crippen LogP contribution in [-0.4, -0.2) is 25.2 Å². The largest absolute Gasteiger partial charge is 0.363 e. The number of hydrazone groups is 1. The Morgan fingerprint density at radius 2 is 1.87 bits per heavy atom. The first-order valence-corrected chi connectivity index (χ1v) is 8.85. The molecule has 0 bridgehead atoms. The van der Waals surface area contributed by atoms with Gasteiger partial charge in [0.2, 0.25) is 0 Å². The Balaban J connectivity index is 1.56. The zero-order valence-electron chi connectivity index (χ0n) is 12.7. The van der Waals surface area contributed by atoms with Gasteiger partial charge < -0.3 is 4.90 Å². The average Bonchev–Trinajstić information content (AvgIpc) is 3.05. The van der Waals surface area contributed by atoms with Crippen LogP contribution in [0, 0.1) is 0 Å². The number of piperidine rings is 1. The molecule has 6 heteroatoms. The van der Waals surface area contributed by atoms with Gasteiger partial charge >= 0.3 is 0 Å². The van der Waals surface area contributed by atoms with E-state index < -0.39 is 0 Å². The molecule has 0 atom stereocenters. The number of carbonyl (C=O) groups excluding carboxylic acids is 1. The van der Waals surface area contributed by atoms with Crippen molar-refractivity contribution in [2.45, 2.75) is 19.3 Å². The molecule has 1 aliphatic heterocycles. The van der Waals surface area contributed by atoms with Crippen molar-refractivity contribution in [2.75, 3.05) is 18.0 Å². The molecule has 0 aliphatic carbocycles. The first-order valence-electron chi connectivity index (χ1n) is 7.66. The summed E-state index contributed by atoms with van der Waals surface area (Å²) >= 11 is 7.50. The lowest BCUT2D eigenvalue weighted by Crippen LogP contribution is -2.28. The van der Waals surface area contributed by atoms with Crippen molar-refractivity contribution in [1.82, 2.24) is 5.43 Å². The fourth-order valence-electron chi connectivity index (χ4n) is 2.52. The van der Waals surface area contributed by atoms with Gasteiger partial charge in [0.25, 0.3) is 5.91 Å². The van der Waals surface area contributed by atoms with Crippen molar-refractivity contribution >= 4 is 40.1 Å². The molecule has 2 heterocycles. The molecule has 1 fully saturated rings. The summed E-state index contributed by atoms with van der Waals surface area (Å²) in [5.41, 5.74) is 3.07. The van der Waals surface area contributed by atoms with Gasteiger partial charge in [0.15, 0.2) is 0 Å². The zero-order chi connectivity index (χ0) is 16.1. The fourth-order valence-corrected chi connectivity index (χ4v) is 3.57. The van der Waals surface area contributed by atoms with Crippen molar-refractivity contribution in [3.8, 4) is 0 Å². The molecule has 1 saturated heterocycles. The van der Waals surface area contributed by atoms with Crippen LogP contribution in [0.5, 0.6) is 0 Å². The van der Waals surface area contributed by atoms with Crippen LogP contribution in [0.15, 0.2) is 41.5 Å². The third-order valence-electron chi connectivity index (χ3n) is 3.74. The second kappa shape index (κ2) is 7.62. The number of rotatable bonds is 4. The van der Waals surface area contributed by atoms with Crippen molar-refractivity contribution in [3.63, 3.8) is 0 Å². The average molecular weight is 348 g/mol. The van der Waals surface area contributed by atoms with Crippen LogP contribution in [0.25, 0.3) is 0 Å². The Kier molecular flexibility index (Phi) is 5.31. The lowest BCUT2D eigenvalue weighted by molar-refractivity contribution is 0.0955. The van der Waals surface area contributed by atoms with Crippen LogP contribution >= 0.6 is 22.9 Å². The molecule has 0 spiro atoms. The first kappa shape index (κ1) is 16.0. The standard InChI is InChI=1S/C17H18ClN3OS/c18-14-6-4-13(5-7-14)17(22)20-19-12-15-8-9-16(23-15)21-10-2-1-3-11-21/h4-9,12H,1-3,10-11H2,(H,20,22)/b19-12-. The highest BCUT2D eigenvalue weighted by Crippen LogP contribution is 2.27. The lowest BCUT2D eigenvalue weighted by Gasteiger charge is -2.27. The predicted molar refractivity (Wildman–Crippen MR) is 96.9 cm³/mol. The molecule has 23 heavy (non-hydrogen) atoms. The van der Waals surface area contributed by atoms with E-state index in [-0.39, 0.29) is 5.91 Å². The van der Waals surface area contributed by atoms with Gasteiger partial charge in [-0.2, -0.15) is 5.10 Å². The number of benzene rings is 1. The van der Waals surface area contributed by atoms with Gasteiger partial charge in [-0.3, -0.25) is 4.79 Å². The molecule has 1 aliphatic rings. The van der Waals surface area contributed by atoms with Crippen LogP contribution in [-0.2, 0) is 0 Å². The summed E-state index contributed by atoms with van der Waals surface area (Å²) in [6.07, 6.45) is 5.54. The summed E-state index contributed by atoms with van der Waals surface area (Å²) in [7, 11) is 0. The maximum absolute atomic E-state index is 11.9. The van der Waals surface area contributed by atoms with Gasteiger partial charge in [0.05, 0.1) is 11.2 Å². The number of nitrogens with one attached hydrogen (secondary N) is 1. The van der Waals surface area contributed by atoms with E-state index in [4.69, 9.17) is 11.6 Å². The van der Waals surface area contributed by atoms with E-state index in [0.717, 1.165) is 18.0 Å². The van der Waals surface area contributed by atoms with E-state index in [0.29, 0.717) is 10.6 Å². The molecule has 1 N–H and O–H groups in total. The third-order valence-corrected chi connectivity index (χ3v) is 5.08. The molecule has 0 radical (unpaired) electrons. The van der Waals surface area contributed by atoms with Crippen molar-refractivity contribution in [2.24, 2.45) is 5.10 Å². The highest BCUT2D eigenvalue weighted by atomic mass is 35.5. The Bertz CT molecular complexity index is 690. The molecule has 1 aromatic heterocycles. The molecule has 0 saturated carbocycles. The van der Waals surface area contributed by atoms with Crippen molar-refractivity contribution < 1.29 is 4.79 Å². The van der Waals surface area contributed by atoms with Gasteiger partial charge in [0.1, 0.15) is 0 Å². The third kappa shape index (κ3) is 4.33. The maximum atomic E-state index is 11.9. The molecule has 4 nitrogen and oxygen atoms in total. The van der Waals surface area contributed by atoms with E-state index in [9.17, 15) is 4.79 Å². The molecule has 0 unspecified atom stereocenters. The quantitative estimate of drug-likeness (QED) is 0.666. The van der Waals surface area contributed by atoms with Gasteiger partial charge in [-0.1, -0.05) is 11.6 Å². The second-order valence-corrected chi connectivity index (χ2v) is 6.96. The highest BCUT2D eigenvalue weighted by Gasteiger charge is 2.12. The SMILES string of the molecule is O=C(N/N=C\c1ccc(N2CCCCC2)s1)c1ccc(Cl)cc1. The van der Waals surface area contributed by atoms with Gasteiger partial charge in [-0.05, 0) is 55.7 Å². The number of hydrogen-bond acceptors (Lipinski definition) is 4. The normalized spacial score (nSPS) is 15.1. The second-order valence-electron chi connectivity index (χ2n) is 5.43. The van der Waals surface area contributed by atoms with E-state index in [1.165, 1.54) is 24.3 Å². The zero-order valence-corrected chi connectivity index (χ0v) is 14.2. The number of halogens is 1. The number of amides is 1. The van der Waals surface area contributed by atoms with Gasteiger partial charge in [0, 0.05) is 28.6 Å². The number of anilines is 1. The van der Waals surface area contributed by atoms with Gasteiger partial charge in [-0.25, -0.2) is 5.43 Å². The molecule has 1 aromatic carbocycles. The minimum absolute atomic E-state index is 0.245. The topological polar surface area (TPSA) is 44.7 Å². The Morgan fingerprint density at radius 3 is 2.61 bits per heavy atom. The van der Waals surface area contributed by atoms with Crippen LogP contribution in [0.2, 0.25) is 5.02 Å². The fraction of sp³-hybridized carbons (Fsp3) is 0.294. The summed E-state index contributed by atoms with van der Waals surface area (Å²) < 4.78 is 0. The molecule has 2 aromatic rings. The summed E-state index contributed by atoms with van der Waals surface area (Å²) in [6, 6.07) is 10.9. The minimum Gasteiger partial charge on any atom is -0.363 e. The Labute approximate surface area is 144 Å². The Hall–Kier alpha value is -1.85. The number of carbonyl (C=O) groups is 1. The summed E-state index contributed by atoms with van der Waals surface area (Å²) in [4.78, 5) is 15.4. The highest BCUT2D eigenvalue weighted by molar-refractivity contribution is 7.17. The molecular weight excluding hydrogens is 330 g/mol. The summed E-state index contributed by atoms with van der Waals surface area (Å²) in [5, 5.41) is 5.91. The maximum Gasteiger partial charge on any atom is 0.271 e. The monoisotopic (exact) mass is 347 g/mol. The van der Waals surface area contributed by atoms with Crippen molar-refractivity contribution in [3.05, 3.63) is 51.9 Å². The number of thiophene rings is 1. The van der Waals surface area contributed by atoms with E-state index in [2.05, 4.69) is 21.5 Å². The molecule has 120 valence electrons. The molecular formula is C17H18ClN3OS. The van der Waals surface area contributed by atoms with Crippen LogP contribution in [0.1, 0.15) is 34.5 Å². The number of nitrogens with zero attached hydrogens (tertiary/aromatic N) is 2. The van der Waals surface area contributed by atoms with E-state index in [1.807, 2.05) is 6.07 Å². The predicted octanol–water partition coefficient (Wildman–Crippen LogP) is 4.16. The van der Waals surface area contributed by atoms with E-state index >= 15 is 0 Å². The lowest BCUT2D eigenvalue weighted by atomic mass is 10.1. The Morgan fingerprint density at radius 1 is 1.13 bits per heavy atom. The smallest absolute Gasteiger partial charge is 0.271 e. The minimum atomic E-state index is -0.245. The van der Waals surface area contributed by atoms with Crippen LogP contribution < -0.4 is 10.3 Å². The first-order chi connectivity index (χ1) is 11.2.